The number of aryl methyl sites for hydroxylation is 1. The number of rotatable bonds is 7. The number of hydrogen-bond donors (Lipinski definition) is 5. The zero-order chi connectivity index (χ0) is 30.3. The summed E-state index contributed by atoms with van der Waals surface area (Å²) in [6.07, 6.45) is 8.38. The number of hydrogen-bond acceptors (Lipinski definition) is 10. The number of fused-ring (bicyclic) bond motifs is 1. The van der Waals surface area contributed by atoms with Gasteiger partial charge in [-0.25, -0.2) is 0 Å². The third-order valence-corrected chi connectivity index (χ3v) is 9.84. The minimum Gasteiger partial charge on any atom is -0.495 e. The quantitative estimate of drug-likeness (QED) is 0.293. The molecule has 2 atom stereocenters. The summed E-state index contributed by atoms with van der Waals surface area (Å²) in [5.41, 5.74) is 10.0. The second kappa shape index (κ2) is 12.0. The first-order valence-corrected chi connectivity index (χ1v) is 16.0. The van der Waals surface area contributed by atoms with Gasteiger partial charge < -0.3 is 35.2 Å². The Morgan fingerprint density at radius 2 is 1.88 bits per heavy atom. The highest BCUT2D eigenvalue weighted by Gasteiger charge is 2.46. The molecule has 0 radical (unpaired) electrons. The van der Waals surface area contributed by atoms with Crippen LogP contribution in [0.3, 0.4) is 0 Å². The maximum Gasteiger partial charge on any atom is 0.275 e. The van der Waals surface area contributed by atoms with Crippen LogP contribution >= 0.6 is 0 Å². The van der Waals surface area contributed by atoms with E-state index in [-0.39, 0.29) is 24.0 Å². The minimum atomic E-state index is -1.45. The summed E-state index contributed by atoms with van der Waals surface area (Å²) in [6.45, 7) is 5.42. The predicted molar refractivity (Wildman–Crippen MR) is 165 cm³/mol. The van der Waals surface area contributed by atoms with Crippen molar-refractivity contribution in [3.8, 4) is 5.75 Å². The molecule has 0 spiro atoms. The number of piperidine rings is 1. The molecule has 1 saturated heterocycles. The van der Waals surface area contributed by atoms with E-state index in [1.54, 1.807) is 7.11 Å². The summed E-state index contributed by atoms with van der Waals surface area (Å²) in [6, 6.07) is 4.56. The van der Waals surface area contributed by atoms with Crippen LogP contribution in [-0.2, 0) is 16.0 Å². The molecule has 4 heterocycles. The molecule has 4 aliphatic heterocycles. The van der Waals surface area contributed by atoms with Crippen LogP contribution in [0.1, 0.15) is 63.9 Å². The highest BCUT2D eigenvalue weighted by atomic mass is 16.5. The molecule has 0 bridgehead atoms. The molecule has 43 heavy (non-hydrogen) atoms. The number of aliphatic hydroxyl groups excluding tert-OH is 1. The Balaban J connectivity index is 1.25. The number of carbonyl (C=O) groups excluding carboxylic acids is 2. The van der Waals surface area contributed by atoms with Gasteiger partial charge in [-0.2, -0.15) is 0 Å². The molecule has 236 valence electrons. The van der Waals surface area contributed by atoms with Gasteiger partial charge in [0, 0.05) is 51.4 Å². The lowest BCUT2D eigenvalue weighted by Crippen LogP contribution is -2.76. The first-order chi connectivity index (χ1) is 20.7. The third kappa shape index (κ3) is 5.84. The number of methoxy groups -OCH3 is 1. The molecule has 1 aliphatic carbocycles. The summed E-state index contributed by atoms with van der Waals surface area (Å²) in [7, 11) is 3.57. The topological polar surface area (TPSA) is 139 Å². The fourth-order valence-corrected chi connectivity index (χ4v) is 7.60. The van der Waals surface area contributed by atoms with Gasteiger partial charge in [-0.3, -0.25) is 25.5 Å². The number of likely N-dealkylation sites (tertiary alicyclic amines) is 1. The van der Waals surface area contributed by atoms with Gasteiger partial charge in [-0.15, -0.1) is 0 Å². The fourth-order valence-electron chi connectivity index (χ4n) is 7.60. The van der Waals surface area contributed by atoms with E-state index in [1.165, 1.54) is 12.8 Å². The Hall–Kier alpha value is -3.22. The second-order valence-electron chi connectivity index (χ2n) is 12.8. The van der Waals surface area contributed by atoms with Crippen molar-refractivity contribution in [1.29, 1.82) is 0 Å². The standard InChI is InChI=1S/C31H48N8O4/c1-4-21-18-36(2)28-29(39(21)22-9-5-6-10-22)34-31(32,35-30(28)42)33-24-16-20-8-7-13-38(25(20)17-26(24)43-3)27(41)19-37-14-11-23(40)12-15-37/h16-17,21-23,33-34,40H,4-15,18-19,32H2,1-3H3,(H,35,42)/t21?,31-/m1/s1. The molecular weight excluding hydrogens is 548 g/mol. The average molecular weight is 597 g/mol. The van der Waals surface area contributed by atoms with Crippen LogP contribution in [0.4, 0.5) is 11.4 Å². The van der Waals surface area contributed by atoms with E-state index in [1.807, 2.05) is 29.0 Å². The second-order valence-corrected chi connectivity index (χ2v) is 12.8. The van der Waals surface area contributed by atoms with Gasteiger partial charge in [0.05, 0.1) is 31.1 Å². The molecular formula is C31H48N8O4. The smallest absolute Gasteiger partial charge is 0.275 e. The van der Waals surface area contributed by atoms with E-state index in [4.69, 9.17) is 10.5 Å². The van der Waals surface area contributed by atoms with Crippen molar-refractivity contribution in [2.45, 2.75) is 88.8 Å². The molecule has 0 aromatic heterocycles. The first-order valence-electron chi connectivity index (χ1n) is 16.0. The molecule has 1 saturated carbocycles. The van der Waals surface area contributed by atoms with E-state index in [9.17, 15) is 14.7 Å². The minimum absolute atomic E-state index is 0.0509. The molecule has 1 aromatic carbocycles. The lowest BCUT2D eigenvalue weighted by Gasteiger charge is -2.52. The number of benzene rings is 1. The van der Waals surface area contributed by atoms with E-state index >= 15 is 0 Å². The molecule has 2 amide bonds. The monoisotopic (exact) mass is 596 g/mol. The maximum atomic E-state index is 13.6. The van der Waals surface area contributed by atoms with Crippen LogP contribution in [0.5, 0.6) is 5.75 Å². The van der Waals surface area contributed by atoms with Crippen molar-refractivity contribution in [2.24, 2.45) is 5.73 Å². The van der Waals surface area contributed by atoms with Crippen LogP contribution in [0.2, 0.25) is 0 Å². The van der Waals surface area contributed by atoms with E-state index in [2.05, 4.69) is 32.7 Å². The van der Waals surface area contributed by atoms with Crippen molar-refractivity contribution in [2.75, 3.05) is 57.1 Å². The van der Waals surface area contributed by atoms with Crippen LogP contribution < -0.4 is 31.3 Å². The molecule has 12 nitrogen and oxygen atoms in total. The summed E-state index contributed by atoms with van der Waals surface area (Å²) >= 11 is 0. The Labute approximate surface area is 254 Å². The van der Waals surface area contributed by atoms with Crippen molar-refractivity contribution >= 4 is 23.2 Å². The van der Waals surface area contributed by atoms with Gasteiger partial charge in [0.2, 0.25) is 11.8 Å². The summed E-state index contributed by atoms with van der Waals surface area (Å²) in [4.78, 5) is 35.5. The van der Waals surface area contributed by atoms with Crippen LogP contribution in [0.15, 0.2) is 23.7 Å². The van der Waals surface area contributed by atoms with Gasteiger partial charge in [0.25, 0.3) is 5.91 Å². The Bertz CT molecular complexity index is 1260. The van der Waals surface area contributed by atoms with E-state index < -0.39 is 5.91 Å². The van der Waals surface area contributed by atoms with E-state index in [0.29, 0.717) is 49.1 Å². The molecule has 1 aromatic rings. The summed E-state index contributed by atoms with van der Waals surface area (Å²) in [5, 5.41) is 19.7. The van der Waals surface area contributed by atoms with Gasteiger partial charge in [-0.05, 0) is 56.6 Å². The molecule has 5 aliphatic rings. The largest absolute Gasteiger partial charge is 0.495 e. The van der Waals surface area contributed by atoms with Gasteiger partial charge >= 0.3 is 0 Å². The third-order valence-electron chi connectivity index (χ3n) is 9.84. The number of amides is 2. The van der Waals surface area contributed by atoms with Gasteiger partial charge in [0.1, 0.15) is 17.3 Å². The molecule has 12 heteroatoms. The molecule has 6 N–H and O–H groups in total. The van der Waals surface area contributed by atoms with Crippen molar-refractivity contribution in [3.63, 3.8) is 0 Å². The Kier molecular flexibility index (Phi) is 8.36. The van der Waals surface area contributed by atoms with Crippen LogP contribution in [0.25, 0.3) is 0 Å². The first kappa shape index (κ1) is 29.8. The average Bonchev–Trinajstić information content (AvgIpc) is 3.51. The van der Waals surface area contributed by atoms with Crippen LogP contribution in [-0.4, -0.2) is 103 Å². The van der Waals surface area contributed by atoms with Crippen LogP contribution in [0, 0.1) is 0 Å². The number of ether oxygens (including phenoxy) is 1. The number of anilines is 2. The highest BCUT2D eigenvalue weighted by molar-refractivity contribution is 5.97. The number of aliphatic hydroxyl groups is 1. The SMILES string of the molecule is CCC1CN(C)C2=C(N[C@@](N)(Nc3cc4c(cc3OC)N(C(=O)CN3CCC(O)CC3)CCC4)NC2=O)N1C1CCCC1. The summed E-state index contributed by atoms with van der Waals surface area (Å²) in [5.74, 6) is -0.295. The lowest BCUT2D eigenvalue weighted by atomic mass is 9.99. The lowest BCUT2D eigenvalue weighted by molar-refractivity contribution is -0.123. The predicted octanol–water partition coefficient (Wildman–Crippen LogP) is 1.27. The maximum absolute atomic E-state index is 13.6. The molecule has 1 unspecified atom stereocenters. The number of nitrogens with one attached hydrogen (secondary N) is 3. The van der Waals surface area contributed by atoms with Crippen molar-refractivity contribution in [3.05, 3.63) is 29.2 Å². The van der Waals surface area contributed by atoms with Crippen molar-refractivity contribution < 1.29 is 19.4 Å². The van der Waals surface area contributed by atoms with Gasteiger partial charge in [0.15, 0.2) is 0 Å². The molecule has 2 fully saturated rings. The highest BCUT2D eigenvalue weighted by Crippen LogP contribution is 2.39. The zero-order valence-corrected chi connectivity index (χ0v) is 25.8. The summed E-state index contributed by atoms with van der Waals surface area (Å²) < 4.78 is 5.81. The van der Waals surface area contributed by atoms with Crippen molar-refractivity contribution in [1.82, 2.24) is 25.3 Å². The normalized spacial score (nSPS) is 27.0. The fraction of sp³-hybridized carbons (Fsp3) is 0.677. The Morgan fingerprint density at radius 3 is 2.58 bits per heavy atom. The number of nitrogens with zero attached hydrogens (tertiary/aromatic N) is 4. The Morgan fingerprint density at radius 1 is 1.14 bits per heavy atom. The molecule has 6 rings (SSSR count). The van der Waals surface area contributed by atoms with Gasteiger partial charge in [-0.1, -0.05) is 19.8 Å². The van der Waals surface area contributed by atoms with E-state index in [0.717, 1.165) is 68.8 Å². The number of nitrogens with two attached hydrogens (primary N) is 1. The number of carbonyl (C=O) groups is 2. The zero-order valence-electron chi connectivity index (χ0n) is 25.8. The number of likely N-dealkylation sites (N-methyl/N-ethyl adjacent to an activating group) is 1.